The second-order valence-corrected chi connectivity index (χ2v) is 3.23. The molecule has 62 valence electrons. The average molecular weight is 218 g/mol. The smallest absolute Gasteiger partial charge is 0.233 e. The fourth-order valence-electron chi connectivity index (χ4n) is 0.554. The Morgan fingerprint density at radius 1 is 1.82 bits per heavy atom. The van der Waals surface area contributed by atoms with Gasteiger partial charge in [0.1, 0.15) is 0 Å². The van der Waals surface area contributed by atoms with E-state index in [9.17, 15) is 4.79 Å². The van der Waals surface area contributed by atoms with E-state index in [1.807, 2.05) is 6.92 Å². The lowest BCUT2D eigenvalue weighted by Crippen LogP contribution is -2.31. The Morgan fingerprint density at radius 2 is 2.45 bits per heavy atom. The monoisotopic (exact) mass is 217 g/mol. The minimum atomic E-state index is -0.0831. The minimum absolute atomic E-state index is 0.0164. The molecule has 0 radical (unpaired) electrons. The number of halogens is 1. The normalized spacial score (nSPS) is 11.7. The van der Waals surface area contributed by atoms with Crippen LogP contribution in [0.5, 0.6) is 0 Å². The van der Waals surface area contributed by atoms with Gasteiger partial charge in [0.2, 0.25) is 5.91 Å². The van der Waals surface area contributed by atoms with Crippen molar-refractivity contribution in [3.05, 3.63) is 0 Å². The summed E-state index contributed by atoms with van der Waals surface area (Å²) >= 11 is 3.23. The van der Waals surface area contributed by atoms with Crippen LogP contribution in [0, 0.1) is 12.3 Å². The number of alkyl halides is 1. The standard InChI is InChI=1S/C8H12BrNO/c1-3-5-6-10-8(11)7(9)4-2/h1,7H,4-6H2,2H3,(H,10,11). The van der Waals surface area contributed by atoms with Crippen molar-refractivity contribution >= 4 is 21.8 Å². The van der Waals surface area contributed by atoms with Crippen molar-refractivity contribution in [3.63, 3.8) is 0 Å². The summed E-state index contributed by atoms with van der Waals surface area (Å²) in [4.78, 5) is 10.9. The second-order valence-electron chi connectivity index (χ2n) is 2.12. The summed E-state index contributed by atoms with van der Waals surface area (Å²) in [5, 5.41) is 2.71. The van der Waals surface area contributed by atoms with E-state index in [0.717, 1.165) is 6.42 Å². The van der Waals surface area contributed by atoms with Crippen LogP contribution >= 0.6 is 15.9 Å². The van der Waals surface area contributed by atoms with Gasteiger partial charge in [0.25, 0.3) is 0 Å². The zero-order chi connectivity index (χ0) is 8.69. The van der Waals surface area contributed by atoms with E-state index in [4.69, 9.17) is 6.42 Å². The average Bonchev–Trinajstić information content (AvgIpc) is 2.03. The minimum Gasteiger partial charge on any atom is -0.354 e. The highest BCUT2D eigenvalue weighted by Crippen LogP contribution is 2.03. The van der Waals surface area contributed by atoms with Crippen LogP contribution in [-0.2, 0) is 4.79 Å². The van der Waals surface area contributed by atoms with Crippen LogP contribution < -0.4 is 5.32 Å². The van der Waals surface area contributed by atoms with Crippen LogP contribution in [0.15, 0.2) is 0 Å². The van der Waals surface area contributed by atoms with Crippen molar-refractivity contribution in [2.24, 2.45) is 0 Å². The lowest BCUT2D eigenvalue weighted by atomic mass is 10.3. The number of rotatable bonds is 4. The Labute approximate surface area is 75.9 Å². The zero-order valence-corrected chi connectivity index (χ0v) is 8.15. The molecule has 0 aliphatic carbocycles. The molecule has 3 heteroatoms. The molecule has 0 aromatic rings. The van der Waals surface area contributed by atoms with Crippen LogP contribution in [0.3, 0.4) is 0 Å². The first-order chi connectivity index (χ1) is 5.22. The lowest BCUT2D eigenvalue weighted by molar-refractivity contribution is -0.120. The number of carbonyl (C=O) groups excluding carboxylic acids is 1. The summed E-state index contributed by atoms with van der Waals surface area (Å²) in [5.41, 5.74) is 0. The molecular formula is C8H12BrNO. The van der Waals surface area contributed by atoms with Crippen LogP contribution in [-0.4, -0.2) is 17.3 Å². The number of hydrogen-bond donors (Lipinski definition) is 1. The van der Waals surface area contributed by atoms with Gasteiger partial charge in [0.05, 0.1) is 4.83 Å². The van der Waals surface area contributed by atoms with Crippen molar-refractivity contribution in [2.45, 2.75) is 24.6 Å². The maximum Gasteiger partial charge on any atom is 0.233 e. The first kappa shape index (κ1) is 10.5. The SMILES string of the molecule is C#CCCNC(=O)C(Br)CC. The summed E-state index contributed by atoms with van der Waals surface area (Å²) in [5.74, 6) is 2.47. The molecular weight excluding hydrogens is 206 g/mol. The van der Waals surface area contributed by atoms with Gasteiger partial charge in [-0.1, -0.05) is 22.9 Å². The van der Waals surface area contributed by atoms with Crippen LogP contribution in [0.1, 0.15) is 19.8 Å². The quantitative estimate of drug-likeness (QED) is 0.430. The molecule has 0 saturated heterocycles. The van der Waals surface area contributed by atoms with Gasteiger partial charge >= 0.3 is 0 Å². The van der Waals surface area contributed by atoms with Gasteiger partial charge in [0, 0.05) is 13.0 Å². The predicted molar refractivity (Wildman–Crippen MR) is 49.5 cm³/mol. The molecule has 0 saturated carbocycles. The summed E-state index contributed by atoms with van der Waals surface area (Å²) in [6, 6.07) is 0. The molecule has 0 bridgehead atoms. The summed E-state index contributed by atoms with van der Waals surface area (Å²) < 4.78 is 0. The Kier molecular flexibility index (Phi) is 5.96. The topological polar surface area (TPSA) is 29.1 Å². The number of carbonyl (C=O) groups is 1. The molecule has 0 aliphatic heterocycles. The fourth-order valence-corrected chi connectivity index (χ4v) is 0.716. The molecule has 1 amide bonds. The van der Waals surface area contributed by atoms with Gasteiger partial charge in [0.15, 0.2) is 0 Å². The highest BCUT2D eigenvalue weighted by atomic mass is 79.9. The first-order valence-corrected chi connectivity index (χ1v) is 4.49. The van der Waals surface area contributed by atoms with Gasteiger partial charge in [-0.3, -0.25) is 4.79 Å². The molecule has 0 rings (SSSR count). The van der Waals surface area contributed by atoms with Crippen molar-refractivity contribution < 1.29 is 4.79 Å². The molecule has 0 fully saturated rings. The van der Waals surface area contributed by atoms with E-state index < -0.39 is 0 Å². The van der Waals surface area contributed by atoms with Gasteiger partial charge < -0.3 is 5.32 Å². The number of nitrogens with one attached hydrogen (secondary N) is 1. The second kappa shape index (κ2) is 6.23. The molecule has 1 N–H and O–H groups in total. The van der Waals surface area contributed by atoms with Crippen molar-refractivity contribution in [3.8, 4) is 12.3 Å². The molecule has 1 atom stereocenters. The van der Waals surface area contributed by atoms with E-state index in [0.29, 0.717) is 13.0 Å². The van der Waals surface area contributed by atoms with Crippen molar-refractivity contribution in [2.75, 3.05) is 6.54 Å². The van der Waals surface area contributed by atoms with E-state index in [2.05, 4.69) is 27.2 Å². The predicted octanol–water partition coefficient (Wildman–Crippen LogP) is 1.30. The summed E-state index contributed by atoms with van der Waals surface area (Å²) in [7, 11) is 0. The molecule has 0 spiro atoms. The molecule has 0 aliphatic rings. The van der Waals surface area contributed by atoms with Gasteiger partial charge in [-0.15, -0.1) is 12.3 Å². The van der Waals surface area contributed by atoms with Gasteiger partial charge in [-0.2, -0.15) is 0 Å². The Bertz CT molecular complexity index is 162. The Hall–Kier alpha value is -0.490. The van der Waals surface area contributed by atoms with Crippen molar-refractivity contribution in [1.82, 2.24) is 5.32 Å². The van der Waals surface area contributed by atoms with E-state index in [1.165, 1.54) is 0 Å². The van der Waals surface area contributed by atoms with Gasteiger partial charge in [-0.05, 0) is 6.42 Å². The highest BCUT2D eigenvalue weighted by molar-refractivity contribution is 9.10. The third kappa shape index (κ3) is 4.86. The largest absolute Gasteiger partial charge is 0.354 e. The summed E-state index contributed by atoms with van der Waals surface area (Å²) in [6.07, 6.45) is 6.40. The van der Waals surface area contributed by atoms with Gasteiger partial charge in [-0.25, -0.2) is 0 Å². The Morgan fingerprint density at radius 3 is 2.91 bits per heavy atom. The molecule has 2 nitrogen and oxygen atoms in total. The van der Waals surface area contributed by atoms with Crippen LogP contribution in [0.2, 0.25) is 0 Å². The highest BCUT2D eigenvalue weighted by Gasteiger charge is 2.09. The maximum absolute atomic E-state index is 11.0. The zero-order valence-electron chi connectivity index (χ0n) is 6.56. The molecule has 0 aromatic heterocycles. The molecule has 1 unspecified atom stereocenters. The Balaban J connectivity index is 3.46. The first-order valence-electron chi connectivity index (χ1n) is 3.57. The fraction of sp³-hybridized carbons (Fsp3) is 0.625. The number of terminal acetylenes is 1. The van der Waals surface area contributed by atoms with E-state index in [1.54, 1.807) is 0 Å². The lowest BCUT2D eigenvalue weighted by Gasteiger charge is -2.06. The third-order valence-corrected chi connectivity index (χ3v) is 2.27. The van der Waals surface area contributed by atoms with E-state index in [-0.39, 0.29) is 10.7 Å². The maximum atomic E-state index is 11.0. The van der Waals surface area contributed by atoms with Crippen molar-refractivity contribution in [1.29, 1.82) is 0 Å². The van der Waals surface area contributed by atoms with E-state index >= 15 is 0 Å². The number of amides is 1. The summed E-state index contributed by atoms with van der Waals surface area (Å²) in [6.45, 7) is 2.51. The molecule has 0 heterocycles. The van der Waals surface area contributed by atoms with Crippen LogP contribution in [0.25, 0.3) is 0 Å². The van der Waals surface area contributed by atoms with Crippen LogP contribution in [0.4, 0.5) is 0 Å². The molecule has 11 heavy (non-hydrogen) atoms. The number of hydrogen-bond acceptors (Lipinski definition) is 1. The third-order valence-electron chi connectivity index (χ3n) is 1.21. The molecule has 0 aromatic carbocycles.